The van der Waals surface area contributed by atoms with Gasteiger partial charge in [-0.2, -0.15) is 0 Å². The van der Waals surface area contributed by atoms with Crippen LogP contribution < -0.4 is 14.8 Å². The largest absolute Gasteiger partial charge is 0.494 e. The molecule has 2 aromatic rings. The van der Waals surface area contributed by atoms with Gasteiger partial charge in [-0.1, -0.05) is 19.4 Å². The number of nitro groups is 1. The molecule has 0 spiro atoms. The summed E-state index contributed by atoms with van der Waals surface area (Å²) in [7, 11) is 0. The summed E-state index contributed by atoms with van der Waals surface area (Å²) in [6.45, 7) is 4.33. The molecule has 1 atom stereocenters. The molecule has 2 rings (SSSR count). The Morgan fingerprint density at radius 2 is 1.92 bits per heavy atom. The minimum atomic E-state index is -0.763. The molecule has 0 aliphatic heterocycles. The zero-order valence-electron chi connectivity index (χ0n) is 14.8. The van der Waals surface area contributed by atoms with Crippen LogP contribution in [0.1, 0.15) is 26.7 Å². The molecule has 0 heterocycles. The molecule has 7 heteroatoms. The lowest BCUT2D eigenvalue weighted by molar-refractivity contribution is -0.384. The van der Waals surface area contributed by atoms with Crippen molar-refractivity contribution in [3.8, 4) is 11.5 Å². The lowest BCUT2D eigenvalue weighted by Crippen LogP contribution is -2.30. The van der Waals surface area contributed by atoms with E-state index in [9.17, 15) is 14.9 Å². The van der Waals surface area contributed by atoms with E-state index in [1.165, 1.54) is 24.3 Å². The van der Waals surface area contributed by atoms with Gasteiger partial charge in [0.15, 0.2) is 6.10 Å². The second-order valence-electron chi connectivity index (χ2n) is 5.73. The molecule has 0 fully saturated rings. The Morgan fingerprint density at radius 3 is 2.58 bits per heavy atom. The Bertz CT molecular complexity index is 746. The van der Waals surface area contributed by atoms with Gasteiger partial charge in [-0.3, -0.25) is 14.9 Å². The molecule has 0 aromatic heterocycles. The minimum Gasteiger partial charge on any atom is -0.494 e. The standard InChI is InChI=1S/C19H22N2O5/c1-3-4-12-25-18-7-5-6-15(13-18)20-19(22)14(2)26-17-10-8-16(9-11-17)21(23)24/h5-11,13-14H,3-4,12H2,1-2H3,(H,20,22). The van der Waals surface area contributed by atoms with Crippen molar-refractivity contribution in [2.45, 2.75) is 32.8 Å². The topological polar surface area (TPSA) is 90.7 Å². The third kappa shape index (κ3) is 5.77. The van der Waals surface area contributed by atoms with Gasteiger partial charge in [0.2, 0.25) is 0 Å². The van der Waals surface area contributed by atoms with Crippen molar-refractivity contribution in [1.82, 2.24) is 0 Å². The fraction of sp³-hybridized carbons (Fsp3) is 0.316. The number of ether oxygens (including phenoxy) is 2. The third-order valence-electron chi connectivity index (χ3n) is 3.60. The van der Waals surface area contributed by atoms with E-state index in [-0.39, 0.29) is 11.6 Å². The molecule has 7 nitrogen and oxygen atoms in total. The van der Waals surface area contributed by atoms with Gasteiger partial charge in [0.05, 0.1) is 11.5 Å². The molecule has 0 saturated heterocycles. The summed E-state index contributed by atoms with van der Waals surface area (Å²) in [6.07, 6.45) is 1.26. The number of carbonyl (C=O) groups is 1. The Kier molecular flexibility index (Phi) is 6.96. The monoisotopic (exact) mass is 358 g/mol. The summed E-state index contributed by atoms with van der Waals surface area (Å²) < 4.78 is 11.1. The maximum Gasteiger partial charge on any atom is 0.269 e. The number of amides is 1. The molecule has 0 saturated carbocycles. The molecular weight excluding hydrogens is 336 g/mol. The number of unbranched alkanes of at least 4 members (excludes halogenated alkanes) is 1. The number of hydrogen-bond acceptors (Lipinski definition) is 5. The zero-order valence-corrected chi connectivity index (χ0v) is 14.8. The van der Waals surface area contributed by atoms with E-state index >= 15 is 0 Å². The minimum absolute atomic E-state index is 0.0330. The second kappa shape index (κ2) is 9.41. The molecule has 0 aliphatic carbocycles. The fourth-order valence-electron chi connectivity index (χ4n) is 2.15. The van der Waals surface area contributed by atoms with Crippen LogP contribution in [0.25, 0.3) is 0 Å². The van der Waals surface area contributed by atoms with Gasteiger partial charge in [0.1, 0.15) is 11.5 Å². The first kappa shape index (κ1) is 19.2. The summed E-state index contributed by atoms with van der Waals surface area (Å²) >= 11 is 0. The van der Waals surface area contributed by atoms with Gasteiger partial charge in [0, 0.05) is 23.9 Å². The number of nitrogens with one attached hydrogen (secondary N) is 1. The highest BCUT2D eigenvalue weighted by molar-refractivity contribution is 5.94. The Hall–Kier alpha value is -3.09. The third-order valence-corrected chi connectivity index (χ3v) is 3.60. The number of nitro benzene ring substituents is 1. The summed E-state index contributed by atoms with van der Waals surface area (Å²) in [4.78, 5) is 22.4. The van der Waals surface area contributed by atoms with Crippen LogP contribution >= 0.6 is 0 Å². The highest BCUT2D eigenvalue weighted by Crippen LogP contribution is 2.20. The normalized spacial score (nSPS) is 11.5. The van der Waals surface area contributed by atoms with E-state index in [1.54, 1.807) is 25.1 Å². The molecule has 1 N–H and O–H groups in total. The van der Waals surface area contributed by atoms with Gasteiger partial charge >= 0.3 is 0 Å². The van der Waals surface area contributed by atoms with Crippen LogP contribution in [0.4, 0.5) is 11.4 Å². The number of carbonyl (C=O) groups excluding carboxylic acids is 1. The maximum atomic E-state index is 12.3. The van der Waals surface area contributed by atoms with Crippen LogP contribution in [0.5, 0.6) is 11.5 Å². The van der Waals surface area contributed by atoms with Crippen LogP contribution in [-0.4, -0.2) is 23.5 Å². The highest BCUT2D eigenvalue weighted by atomic mass is 16.6. The highest BCUT2D eigenvalue weighted by Gasteiger charge is 2.16. The molecule has 26 heavy (non-hydrogen) atoms. The lowest BCUT2D eigenvalue weighted by atomic mass is 10.2. The van der Waals surface area contributed by atoms with Crippen molar-refractivity contribution in [3.63, 3.8) is 0 Å². The number of rotatable bonds is 9. The van der Waals surface area contributed by atoms with Crippen molar-refractivity contribution in [3.05, 3.63) is 58.6 Å². The van der Waals surface area contributed by atoms with Crippen LogP contribution in [0, 0.1) is 10.1 Å². The lowest BCUT2D eigenvalue weighted by Gasteiger charge is -2.15. The van der Waals surface area contributed by atoms with E-state index < -0.39 is 11.0 Å². The van der Waals surface area contributed by atoms with Gasteiger partial charge < -0.3 is 14.8 Å². The first-order valence-corrected chi connectivity index (χ1v) is 8.44. The first-order chi connectivity index (χ1) is 12.5. The molecule has 0 bridgehead atoms. The molecule has 0 radical (unpaired) electrons. The number of hydrogen-bond donors (Lipinski definition) is 1. The molecule has 1 amide bonds. The van der Waals surface area contributed by atoms with E-state index in [1.807, 2.05) is 6.07 Å². The summed E-state index contributed by atoms with van der Waals surface area (Å²) in [5, 5.41) is 13.4. The van der Waals surface area contributed by atoms with Crippen LogP contribution in [0.15, 0.2) is 48.5 Å². The van der Waals surface area contributed by atoms with Crippen molar-refractivity contribution in [2.75, 3.05) is 11.9 Å². The Labute approximate surface area is 152 Å². The van der Waals surface area contributed by atoms with Crippen LogP contribution in [0.2, 0.25) is 0 Å². The number of nitrogens with zero attached hydrogens (tertiary/aromatic N) is 1. The summed E-state index contributed by atoms with van der Waals surface area (Å²) in [5.74, 6) is 0.754. The maximum absolute atomic E-state index is 12.3. The fourth-order valence-corrected chi connectivity index (χ4v) is 2.15. The van der Waals surface area contributed by atoms with Crippen molar-refractivity contribution < 1.29 is 19.2 Å². The predicted molar refractivity (Wildman–Crippen MR) is 98.7 cm³/mol. The first-order valence-electron chi connectivity index (χ1n) is 8.44. The zero-order chi connectivity index (χ0) is 18.9. The van der Waals surface area contributed by atoms with Gasteiger partial charge in [-0.05, 0) is 37.6 Å². The van der Waals surface area contributed by atoms with Crippen LogP contribution in [-0.2, 0) is 4.79 Å². The van der Waals surface area contributed by atoms with Crippen LogP contribution in [0.3, 0.4) is 0 Å². The smallest absolute Gasteiger partial charge is 0.269 e. The quantitative estimate of drug-likeness (QED) is 0.412. The van der Waals surface area contributed by atoms with Gasteiger partial charge in [-0.15, -0.1) is 0 Å². The average Bonchev–Trinajstić information content (AvgIpc) is 2.62. The summed E-state index contributed by atoms with van der Waals surface area (Å²) in [5.41, 5.74) is 0.581. The molecule has 0 aliphatic rings. The van der Waals surface area contributed by atoms with Crippen molar-refractivity contribution in [2.24, 2.45) is 0 Å². The van der Waals surface area contributed by atoms with E-state index in [4.69, 9.17) is 9.47 Å². The van der Waals surface area contributed by atoms with Crippen molar-refractivity contribution >= 4 is 17.3 Å². The number of non-ortho nitro benzene ring substituents is 1. The molecular formula is C19H22N2O5. The summed E-state index contributed by atoms with van der Waals surface area (Å²) in [6, 6.07) is 12.7. The Balaban J connectivity index is 1.92. The number of benzene rings is 2. The van der Waals surface area contributed by atoms with E-state index in [2.05, 4.69) is 12.2 Å². The van der Waals surface area contributed by atoms with Gasteiger partial charge in [-0.25, -0.2) is 0 Å². The molecule has 2 aromatic carbocycles. The van der Waals surface area contributed by atoms with Gasteiger partial charge in [0.25, 0.3) is 11.6 Å². The average molecular weight is 358 g/mol. The Morgan fingerprint density at radius 1 is 1.19 bits per heavy atom. The number of anilines is 1. The molecule has 1 unspecified atom stereocenters. The molecule has 138 valence electrons. The van der Waals surface area contributed by atoms with E-state index in [0.29, 0.717) is 23.8 Å². The van der Waals surface area contributed by atoms with E-state index in [0.717, 1.165) is 12.8 Å². The SMILES string of the molecule is CCCCOc1cccc(NC(=O)C(C)Oc2ccc([N+](=O)[O-])cc2)c1. The predicted octanol–water partition coefficient (Wildman–Crippen LogP) is 4.18. The van der Waals surface area contributed by atoms with Crippen molar-refractivity contribution in [1.29, 1.82) is 0 Å². The second-order valence-corrected chi connectivity index (χ2v) is 5.73.